The minimum absolute atomic E-state index is 0.0486. The summed E-state index contributed by atoms with van der Waals surface area (Å²) in [5, 5.41) is 0. The highest BCUT2D eigenvalue weighted by molar-refractivity contribution is 5.94. The quantitative estimate of drug-likeness (QED) is 0.106. The van der Waals surface area contributed by atoms with Crippen molar-refractivity contribution < 1.29 is 23.8 Å². The Hall–Kier alpha value is -3.02. The predicted molar refractivity (Wildman–Crippen MR) is 149 cm³/mol. The Morgan fingerprint density at radius 1 is 0.784 bits per heavy atom. The van der Waals surface area contributed by atoms with Crippen LogP contribution in [0.1, 0.15) is 113 Å². The van der Waals surface area contributed by atoms with E-state index in [1.54, 1.807) is 6.07 Å². The molecule has 37 heavy (non-hydrogen) atoms. The Labute approximate surface area is 222 Å². The number of unbranched alkanes of at least 4 members (excludes halogenated alkanes) is 8. The number of nitrogen functional groups attached to an aromatic ring is 1. The summed E-state index contributed by atoms with van der Waals surface area (Å²) in [6.45, 7) is 8.88. The van der Waals surface area contributed by atoms with Gasteiger partial charge < -0.3 is 19.9 Å². The summed E-state index contributed by atoms with van der Waals surface area (Å²) in [5.74, 6) is -0.503. The highest BCUT2D eigenvalue weighted by Gasteiger charge is 2.29. The average Bonchev–Trinajstić information content (AvgIpc) is 2.88. The van der Waals surface area contributed by atoms with E-state index in [9.17, 15) is 9.59 Å². The molecule has 2 aromatic carbocycles. The van der Waals surface area contributed by atoms with Crippen molar-refractivity contribution in [2.24, 2.45) is 0 Å². The van der Waals surface area contributed by atoms with Crippen LogP contribution in [0.25, 0.3) is 0 Å². The summed E-state index contributed by atoms with van der Waals surface area (Å²) < 4.78 is 16.2. The minimum atomic E-state index is -0.847. The number of ether oxygens (including phenoxy) is 3. The first-order valence-corrected chi connectivity index (χ1v) is 13.8. The van der Waals surface area contributed by atoms with Crippen LogP contribution in [0, 0.1) is 0 Å². The lowest BCUT2D eigenvalue weighted by Gasteiger charge is -2.28. The fraction of sp³-hybridized carbons (Fsp3) is 0.548. The molecule has 0 saturated heterocycles. The molecule has 0 aromatic heterocycles. The average molecular weight is 512 g/mol. The monoisotopic (exact) mass is 511 g/mol. The van der Waals surface area contributed by atoms with Crippen LogP contribution in [0.5, 0.6) is 5.75 Å². The summed E-state index contributed by atoms with van der Waals surface area (Å²) in [6.07, 6.45) is 10.00. The fourth-order valence-corrected chi connectivity index (χ4v) is 4.29. The van der Waals surface area contributed by atoms with E-state index in [2.05, 4.69) is 6.92 Å². The van der Waals surface area contributed by atoms with E-state index in [-0.39, 0.29) is 17.9 Å². The van der Waals surface area contributed by atoms with Crippen LogP contribution in [0.4, 0.5) is 10.5 Å². The van der Waals surface area contributed by atoms with E-state index in [1.807, 2.05) is 51.1 Å². The number of esters is 1. The number of hydrogen-bond acceptors (Lipinski definition) is 6. The van der Waals surface area contributed by atoms with Crippen LogP contribution < -0.4 is 10.5 Å². The molecule has 0 saturated carbocycles. The van der Waals surface area contributed by atoms with Crippen molar-refractivity contribution in [2.75, 3.05) is 18.9 Å². The molecule has 0 radical (unpaired) electrons. The summed E-state index contributed by atoms with van der Waals surface area (Å²) in [7, 11) is 0. The molecular weight excluding hydrogens is 466 g/mol. The van der Waals surface area contributed by atoms with Gasteiger partial charge in [-0.2, -0.15) is 0 Å². The van der Waals surface area contributed by atoms with Gasteiger partial charge in [0.2, 0.25) is 0 Å². The maximum atomic E-state index is 13.0. The zero-order chi connectivity index (χ0) is 27.1. The van der Waals surface area contributed by atoms with E-state index < -0.39 is 17.5 Å². The van der Waals surface area contributed by atoms with Gasteiger partial charge in [-0.3, -0.25) is 0 Å². The van der Waals surface area contributed by atoms with Crippen LogP contribution in [0.3, 0.4) is 0 Å². The molecule has 204 valence electrons. The molecule has 0 heterocycles. The van der Waals surface area contributed by atoms with Crippen molar-refractivity contribution in [3.8, 4) is 5.75 Å². The summed E-state index contributed by atoms with van der Waals surface area (Å²) in [4.78, 5) is 25.4. The van der Waals surface area contributed by atoms with Gasteiger partial charge in [-0.05, 0) is 30.0 Å². The molecule has 6 nitrogen and oxygen atoms in total. The Bertz CT molecular complexity index is 971. The summed E-state index contributed by atoms with van der Waals surface area (Å²) >= 11 is 0. The third kappa shape index (κ3) is 9.75. The van der Waals surface area contributed by atoms with Gasteiger partial charge in [-0.1, -0.05) is 109 Å². The number of benzene rings is 2. The molecule has 0 amide bonds. The zero-order valence-corrected chi connectivity index (χ0v) is 23.1. The van der Waals surface area contributed by atoms with Crippen molar-refractivity contribution in [3.05, 3.63) is 59.2 Å². The molecule has 0 unspecified atom stereocenters. The van der Waals surface area contributed by atoms with E-state index in [0.717, 1.165) is 43.2 Å². The Morgan fingerprint density at radius 3 is 2.03 bits per heavy atom. The van der Waals surface area contributed by atoms with Crippen molar-refractivity contribution >= 4 is 17.8 Å². The van der Waals surface area contributed by atoms with Crippen LogP contribution >= 0.6 is 0 Å². The second-order valence-corrected chi connectivity index (χ2v) is 10.1. The molecule has 0 atom stereocenters. The summed E-state index contributed by atoms with van der Waals surface area (Å²) in [5.41, 5.74) is 8.32. The number of carbonyl (C=O) groups excluding carboxylic acids is 2. The van der Waals surface area contributed by atoms with Gasteiger partial charge in [0.15, 0.2) is 5.75 Å². The van der Waals surface area contributed by atoms with Gasteiger partial charge in [0.25, 0.3) is 0 Å². The van der Waals surface area contributed by atoms with Crippen molar-refractivity contribution in [2.45, 2.75) is 97.3 Å². The Kier molecular flexibility index (Phi) is 13.0. The smallest absolute Gasteiger partial charge is 0.462 e. The van der Waals surface area contributed by atoms with E-state index in [0.29, 0.717) is 12.3 Å². The van der Waals surface area contributed by atoms with Crippen LogP contribution in [-0.2, 0) is 14.9 Å². The van der Waals surface area contributed by atoms with Gasteiger partial charge in [-0.25, -0.2) is 9.59 Å². The summed E-state index contributed by atoms with van der Waals surface area (Å²) in [6, 6.07) is 13.1. The van der Waals surface area contributed by atoms with Crippen molar-refractivity contribution in [1.82, 2.24) is 0 Å². The SMILES string of the molecule is CCCCCCCCCCOC(=O)Oc1cc(N)c(C(C)(C)c2ccccc2)cc1C(=O)OCCCC. The standard InChI is InChI=1S/C31H45NO5/c1-5-7-9-10-11-12-13-17-21-36-30(34)37-28-23-27(32)26(22-25(28)29(33)35-20-8-6-2)31(3,4)24-18-15-14-16-19-24/h14-16,18-19,22-23H,5-13,17,20-21,32H2,1-4H3. The third-order valence-electron chi connectivity index (χ3n) is 6.68. The van der Waals surface area contributed by atoms with Gasteiger partial charge in [0.1, 0.15) is 5.56 Å². The second-order valence-electron chi connectivity index (χ2n) is 10.1. The van der Waals surface area contributed by atoms with Crippen LogP contribution in [-0.4, -0.2) is 25.3 Å². The number of nitrogens with two attached hydrogens (primary N) is 1. The molecular formula is C31H45NO5. The van der Waals surface area contributed by atoms with E-state index >= 15 is 0 Å². The van der Waals surface area contributed by atoms with Crippen molar-refractivity contribution in [1.29, 1.82) is 0 Å². The lowest BCUT2D eigenvalue weighted by atomic mass is 9.77. The number of rotatable bonds is 16. The first kappa shape index (κ1) is 30.2. The van der Waals surface area contributed by atoms with E-state index in [1.165, 1.54) is 38.2 Å². The maximum absolute atomic E-state index is 13.0. The Morgan fingerprint density at radius 2 is 1.38 bits per heavy atom. The van der Waals surface area contributed by atoms with Crippen LogP contribution in [0.15, 0.2) is 42.5 Å². The van der Waals surface area contributed by atoms with Crippen molar-refractivity contribution in [3.63, 3.8) is 0 Å². The van der Waals surface area contributed by atoms with Gasteiger partial charge >= 0.3 is 12.1 Å². The highest BCUT2D eigenvalue weighted by atomic mass is 16.7. The number of anilines is 1. The minimum Gasteiger partial charge on any atom is -0.462 e. The Balaban J connectivity index is 2.10. The molecule has 0 spiro atoms. The molecule has 2 rings (SSSR count). The second kappa shape index (κ2) is 16.0. The van der Waals surface area contributed by atoms with Crippen LogP contribution in [0.2, 0.25) is 0 Å². The fourth-order valence-electron chi connectivity index (χ4n) is 4.29. The molecule has 0 fully saturated rings. The number of carbonyl (C=O) groups is 2. The predicted octanol–water partition coefficient (Wildman–Crippen LogP) is 8.21. The highest BCUT2D eigenvalue weighted by Crippen LogP contribution is 2.38. The first-order chi connectivity index (χ1) is 17.8. The third-order valence-corrected chi connectivity index (χ3v) is 6.68. The molecule has 6 heteroatoms. The van der Waals surface area contributed by atoms with Gasteiger partial charge in [-0.15, -0.1) is 0 Å². The largest absolute Gasteiger partial charge is 0.513 e. The molecule has 2 aromatic rings. The topological polar surface area (TPSA) is 87.9 Å². The number of hydrogen-bond donors (Lipinski definition) is 1. The molecule has 2 N–H and O–H groups in total. The van der Waals surface area contributed by atoms with Gasteiger partial charge in [0, 0.05) is 17.2 Å². The lowest BCUT2D eigenvalue weighted by molar-refractivity contribution is 0.0494. The molecule has 0 aliphatic heterocycles. The molecule has 0 bridgehead atoms. The lowest BCUT2D eigenvalue weighted by Crippen LogP contribution is -2.23. The first-order valence-electron chi connectivity index (χ1n) is 13.8. The maximum Gasteiger partial charge on any atom is 0.513 e. The molecule has 0 aliphatic rings. The molecule has 0 aliphatic carbocycles. The van der Waals surface area contributed by atoms with Gasteiger partial charge in [0.05, 0.1) is 13.2 Å². The normalized spacial score (nSPS) is 11.2. The van der Waals surface area contributed by atoms with E-state index in [4.69, 9.17) is 19.9 Å². The zero-order valence-electron chi connectivity index (χ0n) is 23.1.